The maximum Gasteiger partial charge on any atom is 0.243 e. The second kappa shape index (κ2) is 6.54. The van der Waals surface area contributed by atoms with Gasteiger partial charge in [0.1, 0.15) is 5.82 Å². The van der Waals surface area contributed by atoms with Gasteiger partial charge in [0, 0.05) is 30.0 Å². The van der Waals surface area contributed by atoms with E-state index in [2.05, 4.69) is 42.9 Å². The van der Waals surface area contributed by atoms with Gasteiger partial charge in [-0.15, -0.1) is 0 Å². The van der Waals surface area contributed by atoms with Gasteiger partial charge in [-0.1, -0.05) is 21.1 Å². The Morgan fingerprint density at radius 1 is 1.33 bits per heavy atom. The lowest BCUT2D eigenvalue weighted by Gasteiger charge is -2.37. The van der Waals surface area contributed by atoms with Gasteiger partial charge in [-0.05, 0) is 50.2 Å². The van der Waals surface area contributed by atoms with Crippen molar-refractivity contribution in [2.45, 2.75) is 31.3 Å². The van der Waals surface area contributed by atoms with Gasteiger partial charge in [-0.3, -0.25) is 9.80 Å². The molecule has 0 spiro atoms. The topological polar surface area (TPSA) is 45.4 Å². The number of hydrogen-bond donors (Lipinski definition) is 0. The Balaban J connectivity index is 1.35. The standard InChI is InChI=1S/C17H20BrFN4O/c1-22-4-2-3-15(22)17-20-16(21-24-17)12-9-23(10-12)8-11-5-13(18)7-14(19)6-11/h5-7,12,15H,2-4,8-10H2,1H3. The lowest BCUT2D eigenvalue weighted by molar-refractivity contribution is 0.132. The molecule has 0 bridgehead atoms. The molecule has 2 aliphatic heterocycles. The van der Waals surface area contributed by atoms with E-state index in [1.807, 2.05) is 6.07 Å². The first-order valence-corrected chi connectivity index (χ1v) is 9.09. The molecule has 24 heavy (non-hydrogen) atoms. The van der Waals surface area contributed by atoms with E-state index in [4.69, 9.17) is 4.52 Å². The summed E-state index contributed by atoms with van der Waals surface area (Å²) in [7, 11) is 2.10. The van der Waals surface area contributed by atoms with Crippen molar-refractivity contribution in [2.75, 3.05) is 26.7 Å². The quantitative estimate of drug-likeness (QED) is 0.795. The molecular weight excluding hydrogens is 375 g/mol. The van der Waals surface area contributed by atoms with Gasteiger partial charge >= 0.3 is 0 Å². The normalized spacial score (nSPS) is 22.9. The van der Waals surface area contributed by atoms with E-state index >= 15 is 0 Å². The SMILES string of the molecule is CN1CCCC1c1nc(C2CN(Cc3cc(F)cc(Br)c3)C2)no1. The molecule has 5 nitrogen and oxygen atoms in total. The third-order valence-electron chi connectivity index (χ3n) is 4.91. The first-order valence-electron chi connectivity index (χ1n) is 8.29. The molecular formula is C17H20BrFN4O. The Hall–Kier alpha value is -1.31. The average molecular weight is 395 g/mol. The number of aromatic nitrogens is 2. The predicted octanol–water partition coefficient (Wildman–Crippen LogP) is 3.34. The molecule has 4 rings (SSSR count). The van der Waals surface area contributed by atoms with Crippen LogP contribution in [0.25, 0.3) is 0 Å². The van der Waals surface area contributed by atoms with Crippen molar-refractivity contribution in [1.82, 2.24) is 19.9 Å². The average Bonchev–Trinajstić information content (AvgIpc) is 3.09. The van der Waals surface area contributed by atoms with E-state index in [-0.39, 0.29) is 11.9 Å². The predicted molar refractivity (Wildman–Crippen MR) is 91.0 cm³/mol. The van der Waals surface area contributed by atoms with Crippen molar-refractivity contribution in [3.8, 4) is 0 Å². The van der Waals surface area contributed by atoms with Crippen molar-refractivity contribution in [3.63, 3.8) is 0 Å². The molecule has 2 fully saturated rings. The van der Waals surface area contributed by atoms with Gasteiger partial charge in [-0.25, -0.2) is 4.39 Å². The summed E-state index contributed by atoms with van der Waals surface area (Å²) >= 11 is 3.34. The minimum Gasteiger partial charge on any atom is -0.338 e. The fourth-order valence-corrected chi connectivity index (χ4v) is 4.11. The second-order valence-electron chi connectivity index (χ2n) is 6.80. The highest BCUT2D eigenvalue weighted by Crippen LogP contribution is 2.32. The fraction of sp³-hybridized carbons (Fsp3) is 0.529. The van der Waals surface area contributed by atoms with Gasteiger partial charge < -0.3 is 4.52 Å². The highest BCUT2D eigenvalue weighted by molar-refractivity contribution is 9.10. The minimum absolute atomic E-state index is 0.208. The molecule has 7 heteroatoms. The van der Waals surface area contributed by atoms with E-state index in [9.17, 15) is 4.39 Å². The molecule has 1 unspecified atom stereocenters. The smallest absolute Gasteiger partial charge is 0.243 e. The van der Waals surface area contributed by atoms with Crippen LogP contribution in [0.4, 0.5) is 4.39 Å². The first-order chi connectivity index (χ1) is 11.6. The van der Waals surface area contributed by atoms with Gasteiger partial charge in [0.15, 0.2) is 5.82 Å². The maximum absolute atomic E-state index is 13.4. The zero-order valence-electron chi connectivity index (χ0n) is 13.6. The summed E-state index contributed by atoms with van der Waals surface area (Å²) in [6, 6.07) is 5.29. The Bertz CT molecular complexity index is 711. The summed E-state index contributed by atoms with van der Waals surface area (Å²) in [5, 5.41) is 4.18. The largest absolute Gasteiger partial charge is 0.338 e. The van der Waals surface area contributed by atoms with Crippen LogP contribution in [-0.4, -0.2) is 46.6 Å². The van der Waals surface area contributed by atoms with E-state index in [1.54, 1.807) is 6.07 Å². The van der Waals surface area contributed by atoms with Crippen LogP contribution >= 0.6 is 15.9 Å². The van der Waals surface area contributed by atoms with Crippen molar-refractivity contribution in [1.29, 1.82) is 0 Å². The van der Waals surface area contributed by atoms with Crippen LogP contribution in [0.15, 0.2) is 27.2 Å². The van der Waals surface area contributed by atoms with Gasteiger partial charge in [0.05, 0.1) is 6.04 Å². The summed E-state index contributed by atoms with van der Waals surface area (Å²) in [6.07, 6.45) is 2.27. The second-order valence-corrected chi connectivity index (χ2v) is 7.71. The van der Waals surface area contributed by atoms with Crippen molar-refractivity contribution in [3.05, 3.63) is 45.8 Å². The van der Waals surface area contributed by atoms with Crippen LogP contribution in [-0.2, 0) is 6.54 Å². The molecule has 0 radical (unpaired) electrons. The minimum atomic E-state index is -0.208. The molecule has 0 aliphatic carbocycles. The molecule has 0 saturated carbocycles. The molecule has 0 N–H and O–H groups in total. The third kappa shape index (κ3) is 3.25. The van der Waals surface area contributed by atoms with Crippen molar-refractivity contribution < 1.29 is 8.91 Å². The van der Waals surface area contributed by atoms with Crippen LogP contribution in [0.2, 0.25) is 0 Å². The monoisotopic (exact) mass is 394 g/mol. The molecule has 2 aliphatic rings. The van der Waals surface area contributed by atoms with Crippen LogP contribution in [0.3, 0.4) is 0 Å². The highest BCUT2D eigenvalue weighted by atomic mass is 79.9. The number of likely N-dealkylation sites (tertiary alicyclic amines) is 2. The zero-order valence-corrected chi connectivity index (χ0v) is 15.2. The summed E-state index contributed by atoms with van der Waals surface area (Å²) in [6.45, 7) is 3.59. The Morgan fingerprint density at radius 3 is 2.88 bits per heavy atom. The summed E-state index contributed by atoms with van der Waals surface area (Å²) in [5.74, 6) is 1.66. The fourth-order valence-electron chi connectivity index (χ4n) is 3.59. The van der Waals surface area contributed by atoms with Crippen molar-refractivity contribution >= 4 is 15.9 Å². The van der Waals surface area contributed by atoms with Crippen LogP contribution < -0.4 is 0 Å². The lowest BCUT2D eigenvalue weighted by atomic mass is 9.98. The number of halogens is 2. The number of nitrogens with zero attached hydrogens (tertiary/aromatic N) is 4. The molecule has 0 amide bonds. The highest BCUT2D eigenvalue weighted by Gasteiger charge is 2.34. The van der Waals surface area contributed by atoms with Gasteiger partial charge in [-0.2, -0.15) is 4.98 Å². The number of rotatable bonds is 4. The Kier molecular flexibility index (Phi) is 4.40. The van der Waals surface area contributed by atoms with Crippen LogP contribution in [0.5, 0.6) is 0 Å². The molecule has 128 valence electrons. The van der Waals surface area contributed by atoms with E-state index in [0.29, 0.717) is 5.92 Å². The maximum atomic E-state index is 13.4. The first kappa shape index (κ1) is 16.2. The number of hydrogen-bond acceptors (Lipinski definition) is 5. The van der Waals surface area contributed by atoms with Crippen molar-refractivity contribution in [2.24, 2.45) is 0 Å². The molecule has 1 aromatic carbocycles. The summed E-state index contributed by atoms with van der Waals surface area (Å²) < 4.78 is 19.7. The van der Waals surface area contributed by atoms with E-state index in [0.717, 1.165) is 54.4 Å². The Labute approximate surface area is 148 Å². The van der Waals surface area contributed by atoms with Gasteiger partial charge in [0.25, 0.3) is 0 Å². The molecule has 2 aromatic rings. The number of benzene rings is 1. The van der Waals surface area contributed by atoms with E-state index < -0.39 is 0 Å². The molecule has 2 saturated heterocycles. The summed E-state index contributed by atoms with van der Waals surface area (Å²) in [5.41, 5.74) is 0.974. The van der Waals surface area contributed by atoms with Gasteiger partial charge in [0.2, 0.25) is 5.89 Å². The van der Waals surface area contributed by atoms with Crippen LogP contribution in [0.1, 0.15) is 42.1 Å². The van der Waals surface area contributed by atoms with E-state index in [1.165, 1.54) is 12.5 Å². The summed E-state index contributed by atoms with van der Waals surface area (Å²) in [4.78, 5) is 9.16. The third-order valence-corrected chi connectivity index (χ3v) is 5.37. The molecule has 1 atom stereocenters. The van der Waals surface area contributed by atoms with Crippen LogP contribution in [0, 0.1) is 5.82 Å². The lowest BCUT2D eigenvalue weighted by Crippen LogP contribution is -2.44. The molecule has 1 aromatic heterocycles. The zero-order chi connectivity index (χ0) is 16.7. The Morgan fingerprint density at radius 2 is 2.17 bits per heavy atom. The molecule has 3 heterocycles.